The molecule has 2 rings (SSSR count). The van der Waals surface area contributed by atoms with Gasteiger partial charge in [0.2, 0.25) is 0 Å². The van der Waals surface area contributed by atoms with Crippen LogP contribution in [0.5, 0.6) is 0 Å². The molecule has 3 heteroatoms. The molecule has 0 saturated carbocycles. The van der Waals surface area contributed by atoms with Crippen molar-refractivity contribution in [1.29, 1.82) is 0 Å². The minimum Gasteiger partial charge on any atom is -0.375 e. The van der Waals surface area contributed by atoms with Gasteiger partial charge in [-0.1, -0.05) is 36.4 Å². The number of methoxy groups -OCH3 is 1. The number of thiophene rings is 1. The van der Waals surface area contributed by atoms with E-state index < -0.39 is 0 Å². The number of hydrogen-bond acceptors (Lipinski definition) is 3. The van der Waals surface area contributed by atoms with E-state index in [4.69, 9.17) is 10.5 Å². The van der Waals surface area contributed by atoms with E-state index in [0.717, 1.165) is 18.4 Å². The van der Waals surface area contributed by atoms with Gasteiger partial charge < -0.3 is 10.5 Å². The van der Waals surface area contributed by atoms with Crippen LogP contribution in [0.4, 0.5) is 0 Å². The lowest BCUT2D eigenvalue weighted by Crippen LogP contribution is -2.30. The molecule has 0 radical (unpaired) electrons. The fraction of sp³-hybridized carbons (Fsp3) is 0.333. The summed E-state index contributed by atoms with van der Waals surface area (Å²) in [4.78, 5) is 1.38. The van der Waals surface area contributed by atoms with E-state index in [1.54, 1.807) is 18.4 Å². The first kappa shape index (κ1) is 13.3. The van der Waals surface area contributed by atoms with Crippen LogP contribution in [0.25, 0.3) is 0 Å². The van der Waals surface area contributed by atoms with E-state index >= 15 is 0 Å². The minimum atomic E-state index is -0.0221. The Morgan fingerprint density at radius 1 is 1.17 bits per heavy atom. The Bertz CT molecular complexity index is 441. The predicted octanol–water partition coefficient (Wildman–Crippen LogP) is 3.40. The molecule has 2 aromatic rings. The van der Waals surface area contributed by atoms with Gasteiger partial charge in [-0.15, -0.1) is 11.3 Å². The van der Waals surface area contributed by atoms with Crippen LogP contribution < -0.4 is 5.73 Å². The van der Waals surface area contributed by atoms with Gasteiger partial charge in [0, 0.05) is 18.0 Å². The molecule has 0 aliphatic carbocycles. The molecule has 1 heterocycles. The van der Waals surface area contributed by atoms with Crippen molar-refractivity contribution in [3.63, 3.8) is 0 Å². The predicted molar refractivity (Wildman–Crippen MR) is 76.8 cm³/mol. The Morgan fingerprint density at radius 3 is 2.56 bits per heavy atom. The molecule has 2 N–H and O–H groups in total. The first-order valence-corrected chi connectivity index (χ1v) is 7.05. The van der Waals surface area contributed by atoms with Crippen molar-refractivity contribution >= 4 is 11.3 Å². The van der Waals surface area contributed by atoms with Crippen LogP contribution in [0.15, 0.2) is 47.8 Å². The Hall–Kier alpha value is -1.16. The summed E-state index contributed by atoms with van der Waals surface area (Å²) in [6, 6.07) is 14.4. The highest BCUT2D eigenvalue weighted by Gasteiger charge is 2.18. The first-order valence-electron chi connectivity index (χ1n) is 6.17. The molecule has 2 nitrogen and oxygen atoms in total. The summed E-state index contributed by atoms with van der Waals surface area (Å²) in [5.74, 6) is 0. The van der Waals surface area contributed by atoms with Crippen molar-refractivity contribution in [3.8, 4) is 0 Å². The second kappa shape index (κ2) is 6.69. The molecule has 1 aromatic carbocycles. The van der Waals surface area contributed by atoms with E-state index in [0.29, 0.717) is 0 Å². The number of ether oxygens (including phenoxy) is 1. The molecular weight excluding hydrogens is 242 g/mol. The molecule has 0 fully saturated rings. The summed E-state index contributed by atoms with van der Waals surface area (Å²) in [6.07, 6.45) is 1.94. The lowest BCUT2D eigenvalue weighted by Gasteiger charge is -2.22. The molecule has 96 valence electrons. The third-order valence-corrected chi connectivity index (χ3v) is 4.01. The number of hydrogen-bond donors (Lipinski definition) is 1. The second-order valence-corrected chi connectivity index (χ2v) is 5.38. The Morgan fingerprint density at radius 2 is 1.94 bits per heavy atom. The highest BCUT2D eigenvalue weighted by molar-refractivity contribution is 7.09. The molecule has 2 unspecified atom stereocenters. The summed E-state index contributed by atoms with van der Waals surface area (Å²) in [5.41, 5.74) is 7.41. The van der Waals surface area contributed by atoms with Gasteiger partial charge in [-0.3, -0.25) is 0 Å². The van der Waals surface area contributed by atoms with Gasteiger partial charge in [0.15, 0.2) is 0 Å². The van der Waals surface area contributed by atoms with Crippen LogP contribution >= 0.6 is 11.3 Å². The maximum atomic E-state index is 6.26. The molecule has 18 heavy (non-hydrogen) atoms. The molecule has 0 amide bonds. The summed E-state index contributed by atoms with van der Waals surface area (Å²) >= 11 is 1.78. The summed E-state index contributed by atoms with van der Waals surface area (Å²) < 4.78 is 5.55. The van der Waals surface area contributed by atoms with Gasteiger partial charge >= 0.3 is 0 Å². The Kier molecular flexibility index (Phi) is 4.93. The van der Waals surface area contributed by atoms with Crippen molar-refractivity contribution in [2.24, 2.45) is 5.73 Å². The lowest BCUT2D eigenvalue weighted by atomic mass is 9.99. The van der Waals surface area contributed by atoms with Crippen LogP contribution in [0.2, 0.25) is 0 Å². The normalized spacial score (nSPS) is 14.3. The van der Waals surface area contributed by atoms with Crippen LogP contribution in [-0.2, 0) is 11.2 Å². The zero-order chi connectivity index (χ0) is 12.8. The van der Waals surface area contributed by atoms with Gasteiger partial charge in [-0.05, 0) is 29.9 Å². The monoisotopic (exact) mass is 261 g/mol. The number of benzene rings is 1. The smallest absolute Gasteiger partial charge is 0.0972 e. The summed E-state index contributed by atoms with van der Waals surface area (Å²) in [5, 5.41) is 2.10. The summed E-state index contributed by atoms with van der Waals surface area (Å²) in [7, 11) is 1.72. The number of aryl methyl sites for hydroxylation is 1. The SMILES string of the molecule is COC(c1ccccc1)C(N)CCc1cccs1. The van der Waals surface area contributed by atoms with Gasteiger partial charge in [0.05, 0.1) is 6.10 Å². The van der Waals surface area contributed by atoms with Crippen molar-refractivity contribution in [3.05, 3.63) is 58.3 Å². The zero-order valence-corrected chi connectivity index (χ0v) is 11.4. The highest BCUT2D eigenvalue weighted by Crippen LogP contribution is 2.22. The van der Waals surface area contributed by atoms with E-state index in [-0.39, 0.29) is 12.1 Å². The second-order valence-electron chi connectivity index (χ2n) is 4.35. The maximum Gasteiger partial charge on any atom is 0.0972 e. The Labute approximate surface area is 112 Å². The number of rotatable bonds is 6. The third kappa shape index (κ3) is 3.42. The fourth-order valence-electron chi connectivity index (χ4n) is 2.12. The van der Waals surface area contributed by atoms with Gasteiger partial charge in [-0.25, -0.2) is 0 Å². The number of nitrogens with two attached hydrogens (primary N) is 1. The quantitative estimate of drug-likeness (QED) is 0.865. The van der Waals surface area contributed by atoms with E-state index in [1.807, 2.05) is 18.2 Å². The van der Waals surface area contributed by atoms with E-state index in [1.165, 1.54) is 4.88 Å². The molecule has 0 aliphatic rings. The average Bonchev–Trinajstić information content (AvgIpc) is 2.92. The zero-order valence-electron chi connectivity index (χ0n) is 10.6. The van der Waals surface area contributed by atoms with E-state index in [2.05, 4.69) is 29.6 Å². The highest BCUT2D eigenvalue weighted by atomic mass is 32.1. The average molecular weight is 261 g/mol. The topological polar surface area (TPSA) is 35.2 Å². The maximum absolute atomic E-state index is 6.26. The first-order chi connectivity index (χ1) is 8.81. The molecule has 0 bridgehead atoms. The van der Waals surface area contributed by atoms with Crippen molar-refractivity contribution in [2.75, 3.05) is 7.11 Å². The summed E-state index contributed by atoms with van der Waals surface area (Å²) in [6.45, 7) is 0. The van der Waals surface area contributed by atoms with Gasteiger partial charge in [-0.2, -0.15) is 0 Å². The van der Waals surface area contributed by atoms with Crippen LogP contribution in [-0.4, -0.2) is 13.2 Å². The standard InChI is InChI=1S/C15H19NOS/c1-17-15(12-6-3-2-4-7-12)14(16)10-9-13-8-5-11-18-13/h2-8,11,14-15H,9-10,16H2,1H3. The minimum absolute atomic E-state index is 0.0221. The lowest BCUT2D eigenvalue weighted by molar-refractivity contribution is 0.0778. The fourth-order valence-corrected chi connectivity index (χ4v) is 2.84. The molecule has 2 atom stereocenters. The van der Waals surface area contributed by atoms with Crippen molar-refractivity contribution in [1.82, 2.24) is 0 Å². The van der Waals surface area contributed by atoms with Crippen LogP contribution in [0, 0.1) is 0 Å². The Balaban J connectivity index is 1.95. The molecule has 1 aromatic heterocycles. The van der Waals surface area contributed by atoms with Gasteiger partial charge in [0.1, 0.15) is 0 Å². The van der Waals surface area contributed by atoms with Crippen LogP contribution in [0.3, 0.4) is 0 Å². The van der Waals surface area contributed by atoms with Crippen LogP contribution in [0.1, 0.15) is 23.0 Å². The third-order valence-electron chi connectivity index (χ3n) is 3.08. The largest absolute Gasteiger partial charge is 0.375 e. The molecule has 0 aliphatic heterocycles. The molecule has 0 spiro atoms. The molecule has 0 saturated heterocycles. The molecular formula is C15H19NOS. The van der Waals surface area contributed by atoms with Gasteiger partial charge in [0.25, 0.3) is 0 Å². The van der Waals surface area contributed by atoms with Crippen molar-refractivity contribution in [2.45, 2.75) is 25.0 Å². The van der Waals surface area contributed by atoms with E-state index in [9.17, 15) is 0 Å². The van der Waals surface area contributed by atoms with Crippen molar-refractivity contribution < 1.29 is 4.74 Å².